The van der Waals surface area contributed by atoms with Crippen molar-refractivity contribution in [2.75, 3.05) is 6.54 Å². The third-order valence-electron chi connectivity index (χ3n) is 9.36. The van der Waals surface area contributed by atoms with E-state index in [2.05, 4.69) is 37.1 Å². The first-order valence-electron chi connectivity index (χ1n) is 13.7. The van der Waals surface area contributed by atoms with Crippen molar-refractivity contribution < 1.29 is 14.6 Å². The summed E-state index contributed by atoms with van der Waals surface area (Å²) in [6, 6.07) is 5.99. The van der Waals surface area contributed by atoms with Gasteiger partial charge in [-0.15, -0.1) is 0 Å². The van der Waals surface area contributed by atoms with Gasteiger partial charge in [-0.25, -0.2) is 4.79 Å². The van der Waals surface area contributed by atoms with Gasteiger partial charge in [0, 0.05) is 24.6 Å². The van der Waals surface area contributed by atoms with Crippen LogP contribution in [0.25, 0.3) is 0 Å². The lowest BCUT2D eigenvalue weighted by Crippen LogP contribution is -2.45. The van der Waals surface area contributed by atoms with Crippen molar-refractivity contribution in [1.29, 1.82) is 0 Å². The first kappa shape index (κ1) is 23.5. The van der Waals surface area contributed by atoms with Gasteiger partial charge in [-0.3, -0.25) is 0 Å². The fraction of sp³-hybridized carbons (Fsp3) is 0.633. The van der Waals surface area contributed by atoms with Crippen molar-refractivity contribution in [2.45, 2.75) is 96.5 Å². The molecule has 0 unspecified atom stereocenters. The summed E-state index contributed by atoms with van der Waals surface area (Å²) in [7, 11) is 0. The lowest BCUT2D eigenvalue weighted by Gasteiger charge is -2.50. The Labute approximate surface area is 205 Å². The highest BCUT2D eigenvalue weighted by atomic mass is 16.5. The van der Waals surface area contributed by atoms with Crippen molar-refractivity contribution in [3.63, 3.8) is 0 Å². The van der Waals surface area contributed by atoms with Crippen LogP contribution in [0.3, 0.4) is 0 Å². The molecule has 0 bridgehead atoms. The molecule has 5 rings (SSSR count). The number of rotatable bonds is 7. The Kier molecular flexibility index (Phi) is 6.77. The number of phenolic OH excluding ortho intramolecular Hbond substituents is 1. The van der Waals surface area contributed by atoms with Gasteiger partial charge < -0.3 is 14.7 Å². The van der Waals surface area contributed by atoms with E-state index in [0.717, 1.165) is 50.6 Å². The summed E-state index contributed by atoms with van der Waals surface area (Å²) in [6.07, 6.45) is 18.5. The zero-order valence-electron chi connectivity index (χ0n) is 21.0. The van der Waals surface area contributed by atoms with E-state index >= 15 is 0 Å². The molecular formula is C30H41NO3. The number of ether oxygens (including phenoxy) is 1. The lowest BCUT2D eigenvalue weighted by atomic mass is 9.55. The number of unbranched alkanes of at least 4 members (excludes halogenated alkanes) is 3. The predicted molar refractivity (Wildman–Crippen MR) is 135 cm³/mol. The molecule has 0 radical (unpaired) electrons. The van der Waals surface area contributed by atoms with Gasteiger partial charge in [-0.2, -0.15) is 0 Å². The molecule has 5 atom stereocenters. The maximum atomic E-state index is 13.2. The summed E-state index contributed by atoms with van der Waals surface area (Å²) < 4.78 is 6.28. The van der Waals surface area contributed by atoms with Gasteiger partial charge >= 0.3 is 5.97 Å². The molecule has 1 aromatic rings. The molecule has 2 fully saturated rings. The minimum absolute atomic E-state index is 0.0250. The highest BCUT2D eigenvalue weighted by Crippen LogP contribution is 2.61. The molecule has 4 aliphatic rings. The summed E-state index contributed by atoms with van der Waals surface area (Å²) >= 11 is 0. The average Bonchev–Trinajstić information content (AvgIpc) is 3.17. The van der Waals surface area contributed by atoms with Crippen LogP contribution in [0.5, 0.6) is 5.75 Å². The zero-order valence-corrected chi connectivity index (χ0v) is 21.0. The number of esters is 1. The number of aromatic hydroxyl groups is 1. The Morgan fingerprint density at radius 3 is 2.91 bits per heavy atom. The van der Waals surface area contributed by atoms with Crippen molar-refractivity contribution in [3.8, 4) is 5.75 Å². The number of phenols is 1. The van der Waals surface area contributed by atoms with Gasteiger partial charge in [0.2, 0.25) is 0 Å². The smallest absolute Gasteiger partial charge is 0.336 e. The Morgan fingerprint density at radius 1 is 1.18 bits per heavy atom. The monoisotopic (exact) mass is 463 g/mol. The molecule has 1 heterocycles. The van der Waals surface area contributed by atoms with E-state index in [9.17, 15) is 9.90 Å². The minimum atomic E-state index is -0.110. The van der Waals surface area contributed by atoms with E-state index in [0.29, 0.717) is 29.9 Å². The Hall–Kier alpha value is -2.23. The summed E-state index contributed by atoms with van der Waals surface area (Å²) in [4.78, 5) is 15.4. The van der Waals surface area contributed by atoms with Crippen LogP contribution in [0, 0.1) is 17.3 Å². The maximum Gasteiger partial charge on any atom is 0.336 e. The van der Waals surface area contributed by atoms with Crippen LogP contribution in [0.4, 0.5) is 0 Å². The van der Waals surface area contributed by atoms with Crippen LogP contribution >= 0.6 is 0 Å². The molecule has 0 amide bonds. The molecule has 3 aliphatic carbocycles. The predicted octanol–water partition coefficient (Wildman–Crippen LogP) is 6.84. The van der Waals surface area contributed by atoms with Gasteiger partial charge in [-0.1, -0.05) is 45.3 Å². The van der Waals surface area contributed by atoms with Crippen LogP contribution in [-0.2, 0) is 16.0 Å². The molecule has 2 saturated carbocycles. The van der Waals surface area contributed by atoms with Gasteiger partial charge in [0.1, 0.15) is 11.9 Å². The van der Waals surface area contributed by atoms with Gasteiger partial charge in [0.05, 0.1) is 5.57 Å². The lowest BCUT2D eigenvalue weighted by molar-refractivity contribution is -0.153. The molecule has 4 nitrogen and oxygen atoms in total. The highest BCUT2D eigenvalue weighted by Gasteiger charge is 2.56. The van der Waals surface area contributed by atoms with E-state index in [4.69, 9.17) is 4.74 Å². The highest BCUT2D eigenvalue weighted by molar-refractivity contribution is 5.89. The van der Waals surface area contributed by atoms with Crippen molar-refractivity contribution in [3.05, 3.63) is 53.4 Å². The van der Waals surface area contributed by atoms with Crippen molar-refractivity contribution >= 4 is 5.97 Å². The normalized spacial score (nSPS) is 31.9. The fourth-order valence-corrected chi connectivity index (χ4v) is 7.53. The quantitative estimate of drug-likeness (QED) is 0.355. The summed E-state index contributed by atoms with van der Waals surface area (Å²) in [5.74, 6) is 2.14. The molecule has 1 aliphatic heterocycles. The number of hydrogen-bond donors (Lipinski definition) is 1. The number of allylic oxidation sites excluding steroid dienone is 1. The molecule has 1 N–H and O–H groups in total. The van der Waals surface area contributed by atoms with Crippen molar-refractivity contribution in [1.82, 2.24) is 4.90 Å². The van der Waals surface area contributed by atoms with Crippen LogP contribution in [-0.4, -0.2) is 28.6 Å². The number of benzene rings is 1. The van der Waals surface area contributed by atoms with E-state index in [1.165, 1.54) is 36.8 Å². The Balaban J connectivity index is 1.24. The molecule has 0 saturated heterocycles. The first-order chi connectivity index (χ1) is 16.5. The van der Waals surface area contributed by atoms with Gasteiger partial charge in [0.15, 0.2) is 0 Å². The molecule has 0 aromatic heterocycles. The second-order valence-corrected chi connectivity index (χ2v) is 11.4. The van der Waals surface area contributed by atoms with Gasteiger partial charge in [-0.05, 0) is 92.2 Å². The minimum Gasteiger partial charge on any atom is -0.508 e. The molecule has 184 valence electrons. The SMILES string of the molecule is CCCCCCN1C=CCC(C(=O)O[C@@H]2CC[C@H]3[C@@H]4CCc5cc(O)ccc5[C@H]4CC[C@]23C)=C1. The number of carbonyl (C=O) groups is 1. The molecule has 1 aromatic carbocycles. The van der Waals surface area contributed by atoms with Crippen molar-refractivity contribution in [2.24, 2.45) is 17.3 Å². The summed E-state index contributed by atoms with van der Waals surface area (Å²) in [5.41, 5.74) is 3.66. The largest absolute Gasteiger partial charge is 0.508 e. The fourth-order valence-electron chi connectivity index (χ4n) is 7.53. The van der Waals surface area contributed by atoms with E-state index < -0.39 is 0 Å². The number of nitrogens with zero attached hydrogens (tertiary/aromatic N) is 1. The number of fused-ring (bicyclic) bond motifs is 5. The Morgan fingerprint density at radius 2 is 2.06 bits per heavy atom. The number of hydrogen-bond acceptors (Lipinski definition) is 4. The standard InChI is InChI=1S/C30H41NO3/c1-3-4-5-6-17-31-18-7-8-22(20-31)29(33)34-28-14-13-27-26-11-9-21-19-23(32)10-12-24(21)25(26)15-16-30(27,28)2/h7,10,12,18-20,25-28,32H,3-6,8-9,11,13-17H2,1-2H3/t25-,26-,27+,28-,30+/m1/s1. The van der Waals surface area contributed by atoms with Crippen LogP contribution in [0.1, 0.15) is 95.1 Å². The number of carbonyl (C=O) groups excluding carboxylic acids is 1. The topological polar surface area (TPSA) is 49.8 Å². The maximum absolute atomic E-state index is 13.2. The molecule has 0 spiro atoms. The zero-order chi connectivity index (χ0) is 23.7. The molecular weight excluding hydrogens is 422 g/mol. The third-order valence-corrected chi connectivity index (χ3v) is 9.36. The first-order valence-corrected chi connectivity index (χ1v) is 13.7. The summed E-state index contributed by atoms with van der Waals surface area (Å²) in [6.45, 7) is 5.59. The van der Waals surface area contributed by atoms with Crippen LogP contribution < -0.4 is 0 Å². The third kappa shape index (κ3) is 4.41. The molecule has 4 heteroatoms. The van der Waals surface area contributed by atoms with Gasteiger partial charge in [0.25, 0.3) is 0 Å². The number of aryl methyl sites for hydroxylation is 1. The van der Waals surface area contributed by atoms with Crippen LogP contribution in [0.2, 0.25) is 0 Å². The molecule has 34 heavy (non-hydrogen) atoms. The Bertz CT molecular complexity index is 966. The van der Waals surface area contributed by atoms with E-state index in [-0.39, 0.29) is 17.5 Å². The second kappa shape index (κ2) is 9.79. The summed E-state index contributed by atoms with van der Waals surface area (Å²) in [5, 5.41) is 9.92. The van der Waals surface area contributed by atoms with E-state index in [1.54, 1.807) is 0 Å². The van der Waals surface area contributed by atoms with Crippen LogP contribution in [0.15, 0.2) is 42.2 Å². The average molecular weight is 464 g/mol. The van der Waals surface area contributed by atoms with E-state index in [1.807, 2.05) is 18.3 Å². The second-order valence-electron chi connectivity index (χ2n) is 11.4.